The second kappa shape index (κ2) is 15.9. The van der Waals surface area contributed by atoms with E-state index < -0.39 is 0 Å². The molecule has 5 heterocycles. The first-order valence-electron chi connectivity index (χ1n) is 20.9. The third kappa shape index (κ3) is 7.35. The maximum atomic E-state index is 6.45. The predicted molar refractivity (Wildman–Crippen MR) is 237 cm³/mol. The quantitative estimate of drug-likeness (QED) is 0.122. The van der Waals surface area contributed by atoms with Crippen LogP contribution in [0, 0.1) is 23.7 Å². The zero-order valence-electron chi connectivity index (χ0n) is 35.4. The van der Waals surface area contributed by atoms with Crippen molar-refractivity contribution in [3.05, 3.63) is 72.8 Å². The van der Waals surface area contributed by atoms with Crippen LogP contribution in [-0.4, -0.2) is 66.3 Å². The molecule has 12 nitrogen and oxygen atoms in total. The van der Waals surface area contributed by atoms with E-state index in [-0.39, 0.29) is 0 Å². The van der Waals surface area contributed by atoms with Crippen LogP contribution in [0.2, 0.25) is 0 Å². The molecule has 0 atom stereocenters. The van der Waals surface area contributed by atoms with Crippen molar-refractivity contribution in [1.29, 1.82) is 0 Å². The normalized spacial score (nSPS) is 12.2. The van der Waals surface area contributed by atoms with Crippen LogP contribution >= 0.6 is 0 Å². The molecule has 306 valence electrons. The van der Waals surface area contributed by atoms with E-state index in [4.69, 9.17) is 48.9 Å². The summed E-state index contributed by atoms with van der Waals surface area (Å²) in [7, 11) is 0. The van der Waals surface area contributed by atoms with Crippen LogP contribution in [0.15, 0.2) is 72.8 Å². The van der Waals surface area contributed by atoms with Gasteiger partial charge in [0.1, 0.15) is 45.6 Å². The highest BCUT2D eigenvalue weighted by molar-refractivity contribution is 6.10. The summed E-state index contributed by atoms with van der Waals surface area (Å²) in [6.45, 7) is 19.1. The van der Waals surface area contributed by atoms with E-state index >= 15 is 0 Å². The molecule has 2 N–H and O–H groups in total. The van der Waals surface area contributed by atoms with Crippen molar-refractivity contribution in [2.75, 3.05) is 26.4 Å². The third-order valence-corrected chi connectivity index (χ3v) is 10.1. The SMILES string of the molecule is CC(C)COc1cccc2c1-c1nc-2nc2[nH]c(nc3nc(nc4[nH]c(n1)c1cccc(OCC(C)C)c41)-c1cccc(OCC(C)C)c1-3)c1cccc(OCC(C)C)c21. The largest absolute Gasteiger partial charge is 0.493 e. The molecule has 0 saturated carbocycles. The molecule has 0 saturated heterocycles. The van der Waals surface area contributed by atoms with E-state index in [2.05, 4.69) is 65.4 Å². The van der Waals surface area contributed by atoms with Crippen LogP contribution < -0.4 is 18.9 Å². The maximum absolute atomic E-state index is 6.45. The fraction of sp³-hybridized carbons (Fsp3) is 0.333. The molecule has 4 aromatic carbocycles. The van der Waals surface area contributed by atoms with Crippen molar-refractivity contribution in [2.24, 2.45) is 23.7 Å². The van der Waals surface area contributed by atoms with Gasteiger partial charge in [0, 0.05) is 21.9 Å². The molecule has 60 heavy (non-hydrogen) atoms. The number of aromatic nitrogens is 8. The molecule has 0 spiro atoms. The Morgan fingerprint density at radius 3 is 1.10 bits per heavy atom. The third-order valence-electron chi connectivity index (χ3n) is 10.1. The molecular weight excluding hydrogens is 753 g/mol. The molecule has 0 unspecified atom stereocenters. The van der Waals surface area contributed by atoms with Gasteiger partial charge in [0.05, 0.1) is 48.3 Å². The van der Waals surface area contributed by atoms with Gasteiger partial charge in [-0.05, 0) is 47.9 Å². The second-order valence-electron chi connectivity index (χ2n) is 17.1. The fourth-order valence-corrected chi connectivity index (χ4v) is 7.37. The number of ether oxygens (including phenoxy) is 4. The lowest BCUT2D eigenvalue weighted by molar-refractivity contribution is 0.272. The summed E-state index contributed by atoms with van der Waals surface area (Å²) in [6.07, 6.45) is 0. The Bertz CT molecular complexity index is 2730. The number of H-pyrrole nitrogens is 2. The topological polar surface area (TPSA) is 146 Å². The van der Waals surface area contributed by atoms with E-state index in [1.165, 1.54) is 0 Å². The number of nitrogens with one attached hydrogen (secondary N) is 2. The first kappa shape index (κ1) is 38.9. The second-order valence-corrected chi connectivity index (χ2v) is 17.1. The van der Waals surface area contributed by atoms with Crippen molar-refractivity contribution in [3.63, 3.8) is 0 Å². The molecular formula is C48H50N8O4. The molecule has 0 fully saturated rings. The first-order valence-corrected chi connectivity index (χ1v) is 20.9. The predicted octanol–water partition coefficient (Wildman–Crippen LogP) is 11.0. The van der Waals surface area contributed by atoms with Gasteiger partial charge < -0.3 is 28.9 Å². The Balaban J connectivity index is 1.43. The lowest BCUT2D eigenvalue weighted by atomic mass is 10.1. The Morgan fingerprint density at radius 1 is 0.383 bits per heavy atom. The van der Waals surface area contributed by atoms with Gasteiger partial charge in [0.2, 0.25) is 0 Å². The minimum absolute atomic E-state index is 0.304. The lowest BCUT2D eigenvalue weighted by Crippen LogP contribution is -2.05. The van der Waals surface area contributed by atoms with Crippen LogP contribution in [0.25, 0.3) is 89.7 Å². The van der Waals surface area contributed by atoms with Crippen LogP contribution in [0.1, 0.15) is 55.4 Å². The van der Waals surface area contributed by atoms with Crippen LogP contribution in [0.3, 0.4) is 0 Å². The fourth-order valence-electron chi connectivity index (χ4n) is 7.37. The molecule has 2 aliphatic rings. The molecule has 12 heteroatoms. The summed E-state index contributed by atoms with van der Waals surface area (Å²) < 4.78 is 25.8. The van der Waals surface area contributed by atoms with Gasteiger partial charge in [-0.15, -0.1) is 0 Å². The Morgan fingerprint density at radius 2 is 0.717 bits per heavy atom. The zero-order valence-corrected chi connectivity index (χ0v) is 35.4. The standard InChI is InChI=1S/C48H50N8O4/c1-25(2)21-57-33-17-9-13-29-37(33)45-49-41(29)54-46-39-31(15-11-19-35(39)59-23-27(5)6)43(51-46)56-48-40-32(16-12-20-36(40)60-24-28(7)8)44(52-48)55-47-38-30(42(50-47)53-45)14-10-18-34(38)58-22-26(3)4/h9-20,25-28H,21-24H2,1-8H3,(H2,49,50,51,52,53,54,55,56). The average molecular weight is 803 g/mol. The molecule has 0 amide bonds. The lowest BCUT2D eigenvalue weighted by Gasteiger charge is -2.12. The number of rotatable bonds is 12. The summed E-state index contributed by atoms with van der Waals surface area (Å²) in [5, 5.41) is 3.22. The minimum Gasteiger partial charge on any atom is -0.493 e. The Kier molecular flexibility index (Phi) is 10.3. The van der Waals surface area contributed by atoms with E-state index in [0.717, 1.165) is 43.8 Å². The van der Waals surface area contributed by atoms with E-state index in [9.17, 15) is 0 Å². The van der Waals surface area contributed by atoms with Crippen molar-refractivity contribution < 1.29 is 18.9 Å². The zero-order chi connectivity index (χ0) is 41.7. The maximum Gasteiger partial charge on any atom is 0.168 e. The molecule has 7 aromatic rings. The number of aromatic amines is 2. The van der Waals surface area contributed by atoms with Gasteiger partial charge in [-0.3, -0.25) is 0 Å². The van der Waals surface area contributed by atoms with Crippen molar-refractivity contribution in [2.45, 2.75) is 55.4 Å². The number of hydrogen-bond donors (Lipinski definition) is 2. The summed E-state index contributed by atoms with van der Waals surface area (Å²) in [5.41, 5.74) is 5.33. The highest BCUT2D eigenvalue weighted by atomic mass is 16.5. The highest BCUT2D eigenvalue weighted by Crippen LogP contribution is 2.44. The van der Waals surface area contributed by atoms with Gasteiger partial charge in [-0.2, -0.15) is 0 Å². The Labute approximate surface area is 348 Å². The van der Waals surface area contributed by atoms with Gasteiger partial charge in [-0.1, -0.05) is 104 Å². The van der Waals surface area contributed by atoms with E-state index in [1.54, 1.807) is 0 Å². The van der Waals surface area contributed by atoms with Gasteiger partial charge in [0.25, 0.3) is 0 Å². The summed E-state index contributed by atoms with van der Waals surface area (Å²) in [5.74, 6) is 5.83. The van der Waals surface area contributed by atoms with Crippen LogP contribution in [0.4, 0.5) is 0 Å². The minimum atomic E-state index is 0.304. The van der Waals surface area contributed by atoms with Crippen molar-refractivity contribution in [1.82, 2.24) is 39.9 Å². The summed E-state index contributed by atoms with van der Waals surface area (Å²) >= 11 is 0. The highest BCUT2D eigenvalue weighted by Gasteiger charge is 2.27. The van der Waals surface area contributed by atoms with Crippen molar-refractivity contribution in [3.8, 4) is 68.5 Å². The van der Waals surface area contributed by atoms with E-state index in [0.29, 0.717) is 119 Å². The molecule has 0 radical (unpaired) electrons. The van der Waals surface area contributed by atoms with Crippen LogP contribution in [-0.2, 0) is 0 Å². The number of hydrogen-bond acceptors (Lipinski definition) is 10. The first-order chi connectivity index (χ1) is 29.0. The van der Waals surface area contributed by atoms with Gasteiger partial charge >= 0.3 is 0 Å². The van der Waals surface area contributed by atoms with Gasteiger partial charge in [-0.25, -0.2) is 29.9 Å². The van der Waals surface area contributed by atoms with E-state index in [1.807, 2.05) is 72.8 Å². The number of fused-ring (bicyclic) bond motifs is 20. The smallest absolute Gasteiger partial charge is 0.168 e. The van der Waals surface area contributed by atoms with Crippen molar-refractivity contribution >= 4 is 44.1 Å². The van der Waals surface area contributed by atoms with Crippen LogP contribution in [0.5, 0.6) is 23.0 Å². The molecule has 0 aliphatic carbocycles. The molecule has 9 rings (SSSR count). The molecule has 2 aliphatic heterocycles. The molecule has 8 bridgehead atoms. The molecule has 3 aromatic heterocycles. The number of benzene rings is 4. The monoisotopic (exact) mass is 802 g/mol. The Hall–Kier alpha value is -6.56. The van der Waals surface area contributed by atoms with Gasteiger partial charge in [0.15, 0.2) is 23.3 Å². The summed E-state index contributed by atoms with van der Waals surface area (Å²) in [4.78, 5) is 38.6. The average Bonchev–Trinajstić information content (AvgIpc) is 3.96. The number of nitrogens with zero attached hydrogens (tertiary/aromatic N) is 6. The summed E-state index contributed by atoms with van der Waals surface area (Å²) in [6, 6.07) is 23.8.